The maximum absolute atomic E-state index is 5.81. The van der Waals surface area contributed by atoms with Crippen molar-refractivity contribution < 1.29 is 4.42 Å². The minimum Gasteiger partial charge on any atom is -0.425 e. The normalized spacial score (nSPS) is 28.4. The quantitative estimate of drug-likeness (QED) is 0.742. The molecule has 1 N–H and O–H groups in total. The van der Waals surface area contributed by atoms with Gasteiger partial charge in [-0.2, -0.15) is 0 Å². The molecule has 2 aliphatic rings. The Morgan fingerprint density at radius 3 is 2.80 bits per heavy atom. The van der Waals surface area contributed by atoms with Crippen LogP contribution in [0.3, 0.4) is 0 Å². The Kier molecular flexibility index (Phi) is 4.71. The molecule has 0 aliphatic heterocycles. The number of nitrogens with one attached hydrogen (secondary N) is 1. The summed E-state index contributed by atoms with van der Waals surface area (Å²) in [5.74, 6) is 4.44. The van der Waals surface area contributed by atoms with Gasteiger partial charge in [-0.1, -0.05) is 13.3 Å². The molecule has 0 radical (unpaired) electrons. The number of hydrogen-bond donors (Lipinski definition) is 1. The van der Waals surface area contributed by atoms with Crippen LogP contribution in [0.15, 0.2) is 4.42 Å². The van der Waals surface area contributed by atoms with Crippen LogP contribution in [0.2, 0.25) is 0 Å². The lowest BCUT2D eigenvalue weighted by atomic mass is 9.86. The molecule has 112 valence electrons. The first kappa shape index (κ1) is 14.1. The van der Waals surface area contributed by atoms with Gasteiger partial charge in [0.25, 0.3) is 0 Å². The topological polar surface area (TPSA) is 51.0 Å². The van der Waals surface area contributed by atoms with Crippen molar-refractivity contribution in [1.82, 2.24) is 15.5 Å². The van der Waals surface area contributed by atoms with Gasteiger partial charge in [-0.15, -0.1) is 10.2 Å². The molecular weight excluding hydrogens is 250 g/mol. The lowest BCUT2D eigenvalue weighted by molar-refractivity contribution is 0.303. The van der Waals surface area contributed by atoms with Gasteiger partial charge in [0.05, 0.1) is 0 Å². The van der Waals surface area contributed by atoms with E-state index in [1.807, 2.05) is 0 Å². The summed E-state index contributed by atoms with van der Waals surface area (Å²) in [4.78, 5) is 0. The van der Waals surface area contributed by atoms with Crippen LogP contribution in [-0.2, 0) is 12.8 Å². The molecule has 1 aromatic heterocycles. The summed E-state index contributed by atoms with van der Waals surface area (Å²) in [6, 6.07) is 0. The van der Waals surface area contributed by atoms with E-state index in [-0.39, 0.29) is 0 Å². The summed E-state index contributed by atoms with van der Waals surface area (Å²) in [6.45, 7) is 4.32. The zero-order valence-corrected chi connectivity index (χ0v) is 12.6. The minimum atomic E-state index is 0.813. The summed E-state index contributed by atoms with van der Waals surface area (Å²) in [5, 5.41) is 11.8. The van der Waals surface area contributed by atoms with Crippen molar-refractivity contribution in [2.45, 2.75) is 58.3 Å². The maximum atomic E-state index is 5.81. The Morgan fingerprint density at radius 1 is 1.15 bits per heavy atom. The predicted molar refractivity (Wildman–Crippen MR) is 78.4 cm³/mol. The highest BCUT2D eigenvalue weighted by Crippen LogP contribution is 2.49. The van der Waals surface area contributed by atoms with Crippen LogP contribution in [0.25, 0.3) is 0 Å². The number of nitrogens with zero attached hydrogens (tertiary/aromatic N) is 2. The molecule has 1 aromatic rings. The average molecular weight is 277 g/mol. The van der Waals surface area contributed by atoms with Gasteiger partial charge in [0, 0.05) is 12.8 Å². The fourth-order valence-corrected chi connectivity index (χ4v) is 3.99. The summed E-state index contributed by atoms with van der Waals surface area (Å²) in [6.07, 6.45) is 9.92. The molecule has 0 spiro atoms. The van der Waals surface area contributed by atoms with Crippen molar-refractivity contribution in [3.05, 3.63) is 11.8 Å². The van der Waals surface area contributed by atoms with Crippen LogP contribution in [-0.4, -0.2) is 23.3 Å². The first-order valence-corrected chi connectivity index (χ1v) is 8.37. The smallest absolute Gasteiger partial charge is 0.216 e. The maximum Gasteiger partial charge on any atom is 0.216 e. The van der Waals surface area contributed by atoms with E-state index in [1.54, 1.807) is 0 Å². The molecule has 4 nitrogen and oxygen atoms in total. The first-order chi connectivity index (χ1) is 9.85. The van der Waals surface area contributed by atoms with Crippen LogP contribution >= 0.6 is 0 Å². The van der Waals surface area contributed by atoms with E-state index in [2.05, 4.69) is 22.4 Å². The molecule has 3 atom stereocenters. The minimum absolute atomic E-state index is 0.813. The van der Waals surface area contributed by atoms with Gasteiger partial charge < -0.3 is 9.73 Å². The van der Waals surface area contributed by atoms with Crippen LogP contribution in [0.4, 0.5) is 0 Å². The van der Waals surface area contributed by atoms with Crippen LogP contribution in [0.5, 0.6) is 0 Å². The molecule has 3 rings (SSSR count). The van der Waals surface area contributed by atoms with E-state index < -0.39 is 0 Å². The Labute approximate surface area is 121 Å². The number of fused-ring (bicyclic) bond motifs is 2. The van der Waals surface area contributed by atoms with Gasteiger partial charge >= 0.3 is 0 Å². The van der Waals surface area contributed by atoms with E-state index >= 15 is 0 Å². The Bertz CT molecular complexity index is 418. The van der Waals surface area contributed by atoms with Gasteiger partial charge in [-0.25, -0.2) is 0 Å². The number of rotatable bonds is 8. The summed E-state index contributed by atoms with van der Waals surface area (Å²) in [7, 11) is 0. The lowest BCUT2D eigenvalue weighted by Crippen LogP contribution is -2.16. The molecule has 20 heavy (non-hydrogen) atoms. The monoisotopic (exact) mass is 277 g/mol. The SMILES string of the molecule is CCCNCCCc1nnc(CC2CC3CCC2C3)o1. The Balaban J connectivity index is 1.40. The Hall–Kier alpha value is -0.900. The zero-order valence-electron chi connectivity index (χ0n) is 12.6. The molecule has 3 unspecified atom stereocenters. The molecule has 0 saturated heterocycles. The third-order valence-electron chi connectivity index (χ3n) is 5.00. The van der Waals surface area contributed by atoms with Gasteiger partial charge in [-0.3, -0.25) is 0 Å². The molecular formula is C16H27N3O. The van der Waals surface area contributed by atoms with Gasteiger partial charge in [0.1, 0.15) is 0 Å². The second-order valence-electron chi connectivity index (χ2n) is 6.58. The second-order valence-corrected chi connectivity index (χ2v) is 6.58. The third kappa shape index (κ3) is 3.40. The van der Waals surface area contributed by atoms with Crippen LogP contribution in [0, 0.1) is 17.8 Å². The highest BCUT2D eigenvalue weighted by Gasteiger charge is 2.39. The van der Waals surface area contributed by atoms with Crippen molar-refractivity contribution >= 4 is 0 Å². The lowest BCUT2D eigenvalue weighted by Gasteiger charge is -2.19. The van der Waals surface area contributed by atoms with Crippen molar-refractivity contribution in [2.75, 3.05) is 13.1 Å². The third-order valence-corrected chi connectivity index (χ3v) is 5.00. The molecule has 2 bridgehead atoms. The van der Waals surface area contributed by atoms with Crippen molar-refractivity contribution in [3.63, 3.8) is 0 Å². The average Bonchev–Trinajstić information content (AvgIpc) is 3.15. The highest BCUT2D eigenvalue weighted by atomic mass is 16.4. The van der Waals surface area contributed by atoms with Gasteiger partial charge in [-0.05, 0) is 62.9 Å². The summed E-state index contributed by atoms with van der Waals surface area (Å²) >= 11 is 0. The molecule has 2 saturated carbocycles. The van der Waals surface area contributed by atoms with Crippen molar-refractivity contribution in [2.24, 2.45) is 17.8 Å². The molecule has 0 amide bonds. The van der Waals surface area contributed by atoms with E-state index in [0.29, 0.717) is 0 Å². The standard InChI is InChI=1S/C16H27N3O/c1-2-7-17-8-3-4-15-18-19-16(20-15)11-14-10-12-5-6-13(14)9-12/h12-14,17H,2-11H2,1H3. The van der Waals surface area contributed by atoms with E-state index in [9.17, 15) is 0 Å². The fraction of sp³-hybridized carbons (Fsp3) is 0.875. The van der Waals surface area contributed by atoms with E-state index in [1.165, 1.54) is 32.1 Å². The second kappa shape index (κ2) is 6.70. The summed E-state index contributed by atoms with van der Waals surface area (Å²) in [5.41, 5.74) is 0. The van der Waals surface area contributed by atoms with Crippen molar-refractivity contribution in [1.29, 1.82) is 0 Å². The van der Waals surface area contributed by atoms with Crippen LogP contribution < -0.4 is 5.32 Å². The first-order valence-electron chi connectivity index (χ1n) is 8.37. The van der Waals surface area contributed by atoms with Crippen molar-refractivity contribution in [3.8, 4) is 0 Å². The zero-order chi connectivity index (χ0) is 13.8. The van der Waals surface area contributed by atoms with E-state index in [0.717, 1.165) is 61.9 Å². The molecule has 0 aromatic carbocycles. The van der Waals surface area contributed by atoms with Gasteiger partial charge in [0.2, 0.25) is 11.8 Å². The fourth-order valence-electron chi connectivity index (χ4n) is 3.99. The molecule has 2 aliphatic carbocycles. The summed E-state index contributed by atoms with van der Waals surface area (Å²) < 4.78 is 5.81. The van der Waals surface area contributed by atoms with Gasteiger partial charge in [0.15, 0.2) is 0 Å². The highest BCUT2D eigenvalue weighted by molar-refractivity contribution is 4.94. The molecule has 2 fully saturated rings. The van der Waals surface area contributed by atoms with Crippen LogP contribution in [0.1, 0.15) is 57.2 Å². The molecule has 4 heteroatoms. The number of aromatic nitrogens is 2. The Morgan fingerprint density at radius 2 is 2.05 bits per heavy atom. The number of aryl methyl sites for hydroxylation is 1. The number of hydrogen-bond acceptors (Lipinski definition) is 4. The largest absolute Gasteiger partial charge is 0.425 e. The molecule has 1 heterocycles. The van der Waals surface area contributed by atoms with E-state index in [4.69, 9.17) is 4.42 Å². The predicted octanol–water partition coefficient (Wildman–Crippen LogP) is 2.98.